The second-order valence-corrected chi connectivity index (χ2v) is 5.41. The van der Waals surface area contributed by atoms with Gasteiger partial charge in [-0.1, -0.05) is 30.3 Å². The largest absolute Gasteiger partial charge is 0.480 e. The highest BCUT2D eigenvalue weighted by atomic mass is 16.5. The number of hydrogen-bond acceptors (Lipinski definition) is 3. The molecule has 0 bridgehead atoms. The van der Waals surface area contributed by atoms with Crippen molar-refractivity contribution in [2.45, 2.75) is 31.9 Å². The lowest BCUT2D eigenvalue weighted by Crippen LogP contribution is -2.61. The number of rotatable bonds is 4. The molecule has 1 aliphatic heterocycles. The van der Waals surface area contributed by atoms with Crippen LogP contribution in [0.4, 0.5) is 0 Å². The smallest absolute Gasteiger partial charge is 0.328 e. The quantitative estimate of drug-likeness (QED) is 0.901. The molecule has 1 aliphatic rings. The van der Waals surface area contributed by atoms with Crippen molar-refractivity contribution in [1.82, 2.24) is 4.90 Å². The summed E-state index contributed by atoms with van der Waals surface area (Å²) >= 11 is 0. The predicted molar refractivity (Wildman–Crippen MR) is 73.3 cm³/mol. The molecule has 0 radical (unpaired) electrons. The van der Waals surface area contributed by atoms with Gasteiger partial charge in [-0.2, -0.15) is 0 Å². The molecule has 1 fully saturated rings. The first kappa shape index (κ1) is 14.5. The van der Waals surface area contributed by atoms with Gasteiger partial charge in [-0.3, -0.25) is 4.79 Å². The SMILES string of the molecule is CC1(C)OCC(C(=O)O)N(CCc2ccccc2)C1=O. The summed E-state index contributed by atoms with van der Waals surface area (Å²) in [6, 6.07) is 8.80. The van der Waals surface area contributed by atoms with Crippen molar-refractivity contribution in [3.63, 3.8) is 0 Å². The van der Waals surface area contributed by atoms with E-state index in [0.717, 1.165) is 5.56 Å². The Hall–Kier alpha value is -1.88. The van der Waals surface area contributed by atoms with Crippen LogP contribution in [0.5, 0.6) is 0 Å². The fourth-order valence-electron chi connectivity index (χ4n) is 2.28. The van der Waals surface area contributed by atoms with Gasteiger partial charge in [0.1, 0.15) is 5.60 Å². The normalized spacial score (nSPS) is 21.8. The van der Waals surface area contributed by atoms with Crippen LogP contribution >= 0.6 is 0 Å². The van der Waals surface area contributed by atoms with Crippen LogP contribution in [0.1, 0.15) is 19.4 Å². The molecule has 0 saturated carbocycles. The Kier molecular flexibility index (Phi) is 4.09. The van der Waals surface area contributed by atoms with Crippen molar-refractivity contribution in [1.29, 1.82) is 0 Å². The van der Waals surface area contributed by atoms with Crippen LogP contribution in [-0.2, 0) is 20.7 Å². The standard InChI is InChI=1S/C15H19NO4/c1-15(2)14(19)16(12(10-20-15)13(17)18)9-8-11-6-4-3-5-7-11/h3-7,12H,8-10H2,1-2H3,(H,17,18). The second kappa shape index (κ2) is 5.63. The van der Waals surface area contributed by atoms with Gasteiger partial charge in [0.25, 0.3) is 5.91 Å². The van der Waals surface area contributed by atoms with E-state index >= 15 is 0 Å². The zero-order chi connectivity index (χ0) is 14.8. The van der Waals surface area contributed by atoms with E-state index in [1.807, 2.05) is 30.3 Å². The number of amides is 1. The molecule has 1 aromatic carbocycles. The minimum atomic E-state index is -1.03. The molecule has 1 amide bonds. The monoisotopic (exact) mass is 277 g/mol. The number of morpholine rings is 1. The molecule has 1 unspecified atom stereocenters. The van der Waals surface area contributed by atoms with Gasteiger partial charge in [0.2, 0.25) is 0 Å². The zero-order valence-electron chi connectivity index (χ0n) is 11.7. The van der Waals surface area contributed by atoms with Crippen molar-refractivity contribution in [3.05, 3.63) is 35.9 Å². The lowest BCUT2D eigenvalue weighted by Gasteiger charge is -2.41. The number of nitrogens with zero attached hydrogens (tertiary/aromatic N) is 1. The molecule has 5 nitrogen and oxygen atoms in total. The lowest BCUT2D eigenvalue weighted by molar-refractivity contribution is -0.182. The van der Waals surface area contributed by atoms with Gasteiger partial charge < -0.3 is 14.7 Å². The van der Waals surface area contributed by atoms with Crippen LogP contribution in [0.3, 0.4) is 0 Å². The molecule has 1 heterocycles. The molecule has 1 atom stereocenters. The summed E-state index contributed by atoms with van der Waals surface area (Å²) in [5.74, 6) is -1.30. The predicted octanol–water partition coefficient (Wildman–Crippen LogP) is 1.32. The Morgan fingerprint density at radius 3 is 2.65 bits per heavy atom. The molecule has 0 aromatic heterocycles. The van der Waals surface area contributed by atoms with Gasteiger partial charge in [0, 0.05) is 6.54 Å². The third kappa shape index (κ3) is 2.99. The van der Waals surface area contributed by atoms with E-state index in [1.165, 1.54) is 4.90 Å². The summed E-state index contributed by atoms with van der Waals surface area (Å²) in [5.41, 5.74) is 0.122. The molecule has 5 heteroatoms. The van der Waals surface area contributed by atoms with Crippen LogP contribution in [-0.4, -0.2) is 46.7 Å². The number of ether oxygens (including phenoxy) is 1. The molecule has 2 rings (SSSR count). The maximum Gasteiger partial charge on any atom is 0.328 e. The maximum absolute atomic E-state index is 12.3. The third-order valence-electron chi connectivity index (χ3n) is 3.52. The van der Waals surface area contributed by atoms with E-state index in [-0.39, 0.29) is 12.5 Å². The first-order chi connectivity index (χ1) is 9.42. The number of carbonyl (C=O) groups is 2. The minimum Gasteiger partial charge on any atom is -0.480 e. The fourth-order valence-corrected chi connectivity index (χ4v) is 2.28. The number of carbonyl (C=O) groups excluding carboxylic acids is 1. The number of benzene rings is 1. The lowest BCUT2D eigenvalue weighted by atomic mass is 10.0. The average molecular weight is 277 g/mol. The summed E-state index contributed by atoms with van der Waals surface area (Å²) < 4.78 is 5.36. The highest BCUT2D eigenvalue weighted by Crippen LogP contribution is 2.23. The molecule has 1 saturated heterocycles. The Balaban J connectivity index is 2.11. The number of aliphatic carboxylic acids is 1. The molecule has 0 aliphatic carbocycles. The highest BCUT2D eigenvalue weighted by molar-refractivity contribution is 5.90. The van der Waals surface area contributed by atoms with Crippen LogP contribution in [0.2, 0.25) is 0 Å². The van der Waals surface area contributed by atoms with Gasteiger partial charge in [-0.15, -0.1) is 0 Å². The average Bonchev–Trinajstić information content (AvgIpc) is 2.41. The molecular formula is C15H19NO4. The van der Waals surface area contributed by atoms with Gasteiger partial charge in [0.15, 0.2) is 6.04 Å². The van der Waals surface area contributed by atoms with Crippen molar-refractivity contribution in [2.24, 2.45) is 0 Å². The Morgan fingerprint density at radius 2 is 2.05 bits per heavy atom. The topological polar surface area (TPSA) is 66.8 Å². The molecule has 20 heavy (non-hydrogen) atoms. The maximum atomic E-state index is 12.3. The van der Waals surface area contributed by atoms with E-state index in [0.29, 0.717) is 13.0 Å². The molecule has 0 spiro atoms. The first-order valence-corrected chi connectivity index (χ1v) is 6.63. The highest BCUT2D eigenvalue weighted by Gasteiger charge is 2.44. The van der Waals surface area contributed by atoms with Crippen LogP contribution in [0.15, 0.2) is 30.3 Å². The van der Waals surface area contributed by atoms with Crippen LogP contribution < -0.4 is 0 Å². The summed E-state index contributed by atoms with van der Waals surface area (Å²) in [6.07, 6.45) is 0.631. The fraction of sp³-hybridized carbons (Fsp3) is 0.467. The Morgan fingerprint density at radius 1 is 1.40 bits per heavy atom. The number of hydrogen-bond donors (Lipinski definition) is 1. The van der Waals surface area contributed by atoms with Crippen LogP contribution in [0, 0.1) is 0 Å². The van der Waals surface area contributed by atoms with Crippen molar-refractivity contribution in [3.8, 4) is 0 Å². The minimum absolute atomic E-state index is 0.0306. The van der Waals surface area contributed by atoms with E-state index in [1.54, 1.807) is 13.8 Å². The molecule has 108 valence electrons. The van der Waals surface area contributed by atoms with Crippen molar-refractivity contribution < 1.29 is 19.4 Å². The Labute approximate surface area is 118 Å². The van der Waals surface area contributed by atoms with E-state index in [4.69, 9.17) is 4.74 Å². The third-order valence-corrected chi connectivity index (χ3v) is 3.52. The Bertz CT molecular complexity index is 498. The zero-order valence-corrected chi connectivity index (χ0v) is 11.7. The molecular weight excluding hydrogens is 258 g/mol. The number of carboxylic acid groups (broad SMARTS) is 1. The van der Waals surface area contributed by atoms with Gasteiger partial charge in [-0.05, 0) is 25.8 Å². The van der Waals surface area contributed by atoms with Crippen molar-refractivity contribution in [2.75, 3.05) is 13.2 Å². The van der Waals surface area contributed by atoms with Crippen LogP contribution in [0.25, 0.3) is 0 Å². The van der Waals surface area contributed by atoms with E-state index in [2.05, 4.69) is 0 Å². The molecule has 1 N–H and O–H groups in total. The van der Waals surface area contributed by atoms with Gasteiger partial charge in [0.05, 0.1) is 6.61 Å². The number of carboxylic acids is 1. The van der Waals surface area contributed by atoms with E-state index in [9.17, 15) is 14.7 Å². The summed E-state index contributed by atoms with van der Waals surface area (Å²) in [6.45, 7) is 3.75. The van der Waals surface area contributed by atoms with Crippen molar-refractivity contribution >= 4 is 11.9 Å². The van der Waals surface area contributed by atoms with Gasteiger partial charge >= 0.3 is 5.97 Å². The molecule has 1 aromatic rings. The first-order valence-electron chi connectivity index (χ1n) is 6.63. The summed E-state index contributed by atoms with van der Waals surface area (Å²) in [4.78, 5) is 25.0. The van der Waals surface area contributed by atoms with E-state index < -0.39 is 17.6 Å². The summed E-state index contributed by atoms with van der Waals surface area (Å²) in [7, 11) is 0. The second-order valence-electron chi connectivity index (χ2n) is 5.41. The summed E-state index contributed by atoms with van der Waals surface area (Å²) in [5, 5.41) is 9.22. The van der Waals surface area contributed by atoms with Gasteiger partial charge in [-0.25, -0.2) is 4.79 Å².